The Bertz CT molecular complexity index is 910. The van der Waals surface area contributed by atoms with Crippen LogP contribution in [0.2, 0.25) is 0 Å². The van der Waals surface area contributed by atoms with Gasteiger partial charge >= 0.3 is 0 Å². The van der Waals surface area contributed by atoms with Crippen molar-refractivity contribution >= 4 is 65.0 Å². The van der Waals surface area contributed by atoms with Crippen molar-refractivity contribution < 1.29 is 0 Å². The summed E-state index contributed by atoms with van der Waals surface area (Å²) >= 11 is 0. The lowest BCUT2D eigenvalue weighted by molar-refractivity contribution is 0.541. The number of nitrogens with one attached hydrogen (secondary N) is 2. The van der Waals surface area contributed by atoms with E-state index in [1.807, 2.05) is 13.8 Å². The van der Waals surface area contributed by atoms with Gasteiger partial charge in [-0.05, 0) is 78.8 Å². The lowest BCUT2D eigenvalue weighted by atomic mass is 10.1. The summed E-state index contributed by atoms with van der Waals surface area (Å²) in [5.74, 6) is 4.69. The molecule has 10 nitrogen and oxygen atoms in total. The van der Waals surface area contributed by atoms with Gasteiger partial charge < -0.3 is 20.4 Å². The summed E-state index contributed by atoms with van der Waals surface area (Å²) < 4.78 is 0. The zero-order valence-electron chi connectivity index (χ0n) is 25.8. The second kappa shape index (κ2) is 18.2. The first kappa shape index (κ1) is 34.8. The van der Waals surface area contributed by atoms with Crippen LogP contribution >= 0.6 is 41.2 Å². The van der Waals surface area contributed by atoms with Crippen molar-refractivity contribution in [3.63, 3.8) is 0 Å². The smallest absolute Gasteiger partial charge is 0.231 e. The molecule has 2 aromatic rings. The van der Waals surface area contributed by atoms with E-state index in [9.17, 15) is 0 Å². The molecule has 0 aromatic carbocycles. The first-order chi connectivity index (χ1) is 19.0. The van der Waals surface area contributed by atoms with Crippen LogP contribution in [-0.2, 0) is 0 Å². The molecule has 226 valence electrons. The Hall–Kier alpha value is -1.38. The number of aromatic nitrogens is 6. The van der Waals surface area contributed by atoms with Crippen molar-refractivity contribution in [1.29, 1.82) is 0 Å². The molecule has 2 rings (SSSR count). The third kappa shape index (κ3) is 13.1. The van der Waals surface area contributed by atoms with Gasteiger partial charge in [-0.1, -0.05) is 55.4 Å². The van der Waals surface area contributed by atoms with E-state index in [0.29, 0.717) is 45.9 Å². The van der Waals surface area contributed by atoms with E-state index in [1.54, 1.807) is 19.7 Å². The monoisotopic (exact) mass is 628 g/mol. The van der Waals surface area contributed by atoms with Crippen molar-refractivity contribution in [2.24, 2.45) is 23.7 Å². The number of nitrogens with zero attached hydrogens (tertiary/aromatic N) is 8. The molecule has 14 heteroatoms. The van der Waals surface area contributed by atoms with E-state index >= 15 is 0 Å². The second-order valence-corrected chi connectivity index (χ2v) is 16.8. The summed E-state index contributed by atoms with van der Waals surface area (Å²) in [5.41, 5.74) is 0. The van der Waals surface area contributed by atoms with Crippen LogP contribution in [0.4, 0.5) is 23.8 Å². The summed E-state index contributed by atoms with van der Waals surface area (Å²) in [6.07, 6.45) is 0. The Kier molecular flexibility index (Phi) is 15.9. The first-order valence-corrected chi connectivity index (χ1v) is 19.0. The minimum Gasteiger partial charge on any atom is -0.354 e. The Morgan fingerprint density at radius 2 is 0.850 bits per heavy atom. The molecule has 0 aliphatic heterocycles. The molecule has 0 amide bonds. The largest absolute Gasteiger partial charge is 0.354 e. The molecule has 40 heavy (non-hydrogen) atoms. The number of anilines is 4. The van der Waals surface area contributed by atoms with Crippen LogP contribution < -0.4 is 20.4 Å². The Balaban J connectivity index is 2.17. The third-order valence-electron chi connectivity index (χ3n) is 5.03. The molecule has 0 aliphatic rings. The maximum Gasteiger partial charge on any atom is 0.231 e. The zero-order valence-corrected chi connectivity index (χ0v) is 29.0. The average Bonchev–Trinajstić information content (AvgIpc) is 2.85. The number of hydrogen-bond donors (Lipinski definition) is 2. The third-order valence-corrected chi connectivity index (χ3v) is 10.6. The summed E-state index contributed by atoms with van der Waals surface area (Å²) in [6.45, 7) is 27.0. The summed E-state index contributed by atoms with van der Waals surface area (Å²) in [4.78, 5) is 32.9. The highest BCUT2D eigenvalue weighted by Crippen LogP contribution is 2.48. The molecule has 0 aliphatic carbocycles. The van der Waals surface area contributed by atoms with Crippen LogP contribution in [0, 0.1) is 23.7 Å². The fraction of sp³-hybridized carbons (Fsp3) is 0.769. The van der Waals surface area contributed by atoms with Crippen molar-refractivity contribution in [3.05, 3.63) is 0 Å². The molecule has 0 spiro atoms. The van der Waals surface area contributed by atoms with Crippen LogP contribution in [-0.4, -0.2) is 69.2 Å². The SMILES string of the molecule is CCNc1nc(SSSSc2nc(NCC)nc(N(CC(C)C)CC(C)C)n2)nc(N(CC(C)C)CC(C)C)n1. The van der Waals surface area contributed by atoms with Crippen LogP contribution in [0.15, 0.2) is 10.3 Å². The van der Waals surface area contributed by atoms with Gasteiger partial charge in [0.15, 0.2) is 0 Å². The molecule has 2 heterocycles. The Labute approximate surface area is 256 Å². The second-order valence-electron chi connectivity index (χ2n) is 11.2. The normalized spacial score (nSPS) is 11.7. The molecular formula is C26H48N10S4. The van der Waals surface area contributed by atoms with Gasteiger partial charge in [-0.3, -0.25) is 0 Å². The first-order valence-electron chi connectivity index (χ1n) is 14.2. The van der Waals surface area contributed by atoms with Crippen LogP contribution in [0.5, 0.6) is 0 Å². The van der Waals surface area contributed by atoms with Gasteiger partial charge in [0.2, 0.25) is 34.1 Å². The molecule has 2 aromatic heterocycles. The van der Waals surface area contributed by atoms with Gasteiger partial charge in [0, 0.05) is 39.3 Å². The van der Waals surface area contributed by atoms with E-state index in [-0.39, 0.29) is 0 Å². The molecule has 0 radical (unpaired) electrons. The minimum atomic E-state index is 0.505. The minimum absolute atomic E-state index is 0.505. The summed E-state index contributed by atoms with van der Waals surface area (Å²) in [7, 11) is 6.23. The van der Waals surface area contributed by atoms with Gasteiger partial charge in [0.25, 0.3) is 0 Å². The van der Waals surface area contributed by atoms with Crippen molar-refractivity contribution in [3.8, 4) is 0 Å². The quantitative estimate of drug-likeness (QED) is 0.120. The predicted molar refractivity (Wildman–Crippen MR) is 179 cm³/mol. The molecule has 0 unspecified atom stereocenters. The molecule has 0 saturated carbocycles. The maximum absolute atomic E-state index is 4.82. The maximum atomic E-state index is 4.82. The fourth-order valence-electron chi connectivity index (χ4n) is 3.85. The van der Waals surface area contributed by atoms with E-state index in [4.69, 9.17) is 19.9 Å². The highest BCUT2D eigenvalue weighted by atomic mass is 33.7. The van der Waals surface area contributed by atoms with E-state index in [2.05, 4.69) is 85.8 Å². The van der Waals surface area contributed by atoms with Gasteiger partial charge in [0.05, 0.1) is 0 Å². The lowest BCUT2D eigenvalue weighted by Crippen LogP contribution is -2.33. The topological polar surface area (TPSA) is 108 Å². The van der Waals surface area contributed by atoms with Gasteiger partial charge in [-0.25, -0.2) is 0 Å². The predicted octanol–water partition coefficient (Wildman–Crippen LogP) is 7.25. The summed E-state index contributed by atoms with van der Waals surface area (Å²) in [6, 6.07) is 0. The average molecular weight is 629 g/mol. The molecule has 0 saturated heterocycles. The van der Waals surface area contributed by atoms with Gasteiger partial charge in [0.1, 0.15) is 0 Å². The zero-order chi connectivity index (χ0) is 29.7. The lowest BCUT2D eigenvalue weighted by Gasteiger charge is -2.26. The van der Waals surface area contributed by atoms with Crippen LogP contribution in [0.25, 0.3) is 0 Å². The number of hydrogen-bond acceptors (Lipinski definition) is 14. The summed E-state index contributed by atoms with van der Waals surface area (Å²) in [5, 5.41) is 7.89. The van der Waals surface area contributed by atoms with Crippen LogP contribution in [0.3, 0.4) is 0 Å². The van der Waals surface area contributed by atoms with Crippen LogP contribution in [0.1, 0.15) is 69.2 Å². The Morgan fingerprint density at radius 3 is 1.12 bits per heavy atom. The highest BCUT2D eigenvalue weighted by molar-refractivity contribution is 9.26. The van der Waals surface area contributed by atoms with Gasteiger partial charge in [-0.2, -0.15) is 29.9 Å². The standard InChI is InChI=1S/C26H48N10S4/c1-11-27-21-29-23(35(13-17(3)4)14-18(5)6)33-25(31-21)37-39-40-38-26-32-22(28-12-2)30-24(34-26)36(15-19(7)8)16-20(9)10/h17-20H,11-16H2,1-10H3,(H,27,29,31,33)(H,28,30,32,34). The number of rotatable bonds is 19. The van der Waals surface area contributed by atoms with E-state index < -0.39 is 0 Å². The van der Waals surface area contributed by atoms with Crippen molar-refractivity contribution in [1.82, 2.24) is 29.9 Å². The van der Waals surface area contributed by atoms with Crippen molar-refractivity contribution in [2.45, 2.75) is 79.6 Å². The molecule has 0 fully saturated rings. The van der Waals surface area contributed by atoms with Crippen molar-refractivity contribution in [2.75, 3.05) is 59.7 Å². The van der Waals surface area contributed by atoms with E-state index in [1.165, 1.54) is 21.6 Å². The fourth-order valence-corrected chi connectivity index (χ4v) is 8.59. The highest BCUT2D eigenvalue weighted by Gasteiger charge is 2.19. The Morgan fingerprint density at radius 1 is 0.525 bits per heavy atom. The molecule has 0 atom stereocenters. The molecule has 0 bridgehead atoms. The van der Waals surface area contributed by atoms with E-state index in [0.717, 1.165) is 51.2 Å². The molecular weight excluding hydrogens is 581 g/mol. The molecule has 2 N–H and O–H groups in total. The van der Waals surface area contributed by atoms with Gasteiger partial charge in [-0.15, -0.1) is 0 Å².